The van der Waals surface area contributed by atoms with E-state index < -0.39 is 5.82 Å². The molecule has 0 fully saturated rings. The van der Waals surface area contributed by atoms with E-state index in [1.807, 2.05) is 42.3 Å². The minimum atomic E-state index is -0.491. The molecule has 0 radical (unpaired) electrons. The Morgan fingerprint density at radius 2 is 1.84 bits per heavy atom. The summed E-state index contributed by atoms with van der Waals surface area (Å²) < 4.78 is 20.6. The average molecular weight is 432 g/mol. The van der Waals surface area contributed by atoms with Gasteiger partial charge in [0.25, 0.3) is 5.56 Å². The van der Waals surface area contributed by atoms with E-state index in [-0.39, 0.29) is 11.2 Å². The highest BCUT2D eigenvalue weighted by molar-refractivity contribution is 5.86. The number of nitrogens with zero attached hydrogens (tertiary/aromatic N) is 3. The first-order valence-electron chi connectivity index (χ1n) is 10.2. The van der Waals surface area contributed by atoms with E-state index in [0.29, 0.717) is 23.2 Å². The summed E-state index contributed by atoms with van der Waals surface area (Å²) in [4.78, 5) is 19.8. The second-order valence-electron chi connectivity index (χ2n) is 7.92. The van der Waals surface area contributed by atoms with Crippen LogP contribution in [0.2, 0.25) is 0 Å². The van der Waals surface area contributed by atoms with Gasteiger partial charge in [-0.1, -0.05) is 12.1 Å². The summed E-state index contributed by atoms with van der Waals surface area (Å²) in [6.07, 6.45) is 1.75. The molecule has 4 rings (SSSR count). The molecule has 4 aromatic rings. The first kappa shape index (κ1) is 21.4. The van der Waals surface area contributed by atoms with Crippen LogP contribution in [0.3, 0.4) is 0 Å². The molecule has 0 saturated heterocycles. The summed E-state index contributed by atoms with van der Waals surface area (Å²) in [5.74, 6) is 1.07. The van der Waals surface area contributed by atoms with Crippen molar-refractivity contribution in [3.63, 3.8) is 0 Å². The van der Waals surface area contributed by atoms with Crippen molar-refractivity contribution >= 4 is 22.4 Å². The first-order valence-corrected chi connectivity index (χ1v) is 10.2. The van der Waals surface area contributed by atoms with E-state index in [0.717, 1.165) is 28.0 Å². The van der Waals surface area contributed by atoms with Crippen LogP contribution in [-0.2, 0) is 13.6 Å². The van der Waals surface area contributed by atoms with Gasteiger partial charge in [0.1, 0.15) is 17.4 Å². The molecule has 2 heterocycles. The predicted molar refractivity (Wildman–Crippen MR) is 127 cm³/mol. The Balaban J connectivity index is 1.72. The molecule has 2 aromatic carbocycles. The van der Waals surface area contributed by atoms with Crippen molar-refractivity contribution in [3.8, 4) is 16.9 Å². The number of rotatable bonds is 5. The number of methoxy groups -OCH3 is 1. The van der Waals surface area contributed by atoms with Crippen LogP contribution in [0.5, 0.6) is 5.75 Å². The minimum Gasteiger partial charge on any atom is -0.497 e. The van der Waals surface area contributed by atoms with Gasteiger partial charge in [0.05, 0.1) is 18.3 Å². The van der Waals surface area contributed by atoms with Crippen molar-refractivity contribution in [1.29, 1.82) is 0 Å². The quantitative estimate of drug-likeness (QED) is 0.477. The fourth-order valence-electron chi connectivity index (χ4n) is 3.82. The highest BCUT2D eigenvalue weighted by Gasteiger charge is 2.15. The molecule has 0 bridgehead atoms. The van der Waals surface area contributed by atoms with Crippen molar-refractivity contribution in [1.82, 2.24) is 9.55 Å². The first-order chi connectivity index (χ1) is 15.3. The van der Waals surface area contributed by atoms with Gasteiger partial charge < -0.3 is 19.9 Å². The Morgan fingerprint density at radius 1 is 1.12 bits per heavy atom. The fraction of sp³-hybridized carbons (Fsp3) is 0.200. The number of hydrogen-bond acceptors (Lipinski definition) is 5. The van der Waals surface area contributed by atoms with Crippen molar-refractivity contribution in [2.24, 2.45) is 7.05 Å². The van der Waals surface area contributed by atoms with E-state index in [2.05, 4.69) is 4.98 Å². The number of pyridine rings is 2. The summed E-state index contributed by atoms with van der Waals surface area (Å²) in [7, 11) is 5.32. The molecule has 0 aliphatic carbocycles. The molecule has 2 N–H and O–H groups in total. The SMILES string of the molecule is COc1ccc(CN(C)c2cc3c(cn2)cc(-c2cc(N)c(F)cc2C)c(=O)n3C)cc1. The molecule has 0 aliphatic rings. The van der Waals surface area contributed by atoms with Crippen LogP contribution >= 0.6 is 0 Å². The third-order valence-corrected chi connectivity index (χ3v) is 5.70. The zero-order valence-electron chi connectivity index (χ0n) is 18.5. The highest BCUT2D eigenvalue weighted by Crippen LogP contribution is 2.28. The van der Waals surface area contributed by atoms with Crippen molar-refractivity contribution in [2.75, 3.05) is 24.8 Å². The van der Waals surface area contributed by atoms with E-state index in [4.69, 9.17) is 10.5 Å². The molecular formula is C25H25FN4O2. The number of aromatic nitrogens is 2. The summed E-state index contributed by atoms with van der Waals surface area (Å²) in [5.41, 5.74) is 9.20. The third-order valence-electron chi connectivity index (χ3n) is 5.70. The van der Waals surface area contributed by atoms with Gasteiger partial charge in [-0.05, 0) is 53.9 Å². The molecular weight excluding hydrogens is 407 g/mol. The number of benzene rings is 2. The van der Waals surface area contributed by atoms with E-state index in [1.54, 1.807) is 37.9 Å². The maximum absolute atomic E-state index is 13.8. The Morgan fingerprint density at radius 3 is 2.53 bits per heavy atom. The molecule has 2 aromatic heterocycles. The number of fused-ring (bicyclic) bond motifs is 1. The lowest BCUT2D eigenvalue weighted by Gasteiger charge is -2.20. The largest absolute Gasteiger partial charge is 0.497 e. The number of ether oxygens (including phenoxy) is 1. The molecule has 6 nitrogen and oxygen atoms in total. The van der Waals surface area contributed by atoms with Gasteiger partial charge in [0.2, 0.25) is 0 Å². The molecule has 7 heteroatoms. The molecule has 0 saturated carbocycles. The number of nitrogens with two attached hydrogens (primary N) is 1. The monoisotopic (exact) mass is 432 g/mol. The van der Waals surface area contributed by atoms with Gasteiger partial charge in [-0.2, -0.15) is 0 Å². The number of nitrogen functional groups attached to an aromatic ring is 1. The van der Waals surface area contributed by atoms with Gasteiger partial charge in [-0.25, -0.2) is 9.37 Å². The molecule has 164 valence electrons. The molecule has 0 amide bonds. The zero-order chi connectivity index (χ0) is 23.0. The maximum atomic E-state index is 13.8. The lowest BCUT2D eigenvalue weighted by molar-refractivity contribution is 0.414. The van der Waals surface area contributed by atoms with E-state index >= 15 is 0 Å². The Kier molecular flexibility index (Phi) is 5.57. The number of hydrogen-bond donors (Lipinski definition) is 1. The summed E-state index contributed by atoms with van der Waals surface area (Å²) in [5, 5.41) is 0.811. The standard InChI is InChI=1S/C25H25FN4O2/c1-15-9-21(26)22(27)11-19(15)20-10-17-13-28-24(12-23(17)30(3)25(20)31)29(2)14-16-5-7-18(32-4)8-6-16/h5-13H,14,27H2,1-4H3. The van der Waals surface area contributed by atoms with Crippen LogP contribution in [0, 0.1) is 12.7 Å². The molecule has 0 atom stereocenters. The van der Waals surface area contributed by atoms with E-state index in [1.165, 1.54) is 12.1 Å². The highest BCUT2D eigenvalue weighted by atomic mass is 19.1. The predicted octanol–water partition coefficient (Wildman–Crippen LogP) is 4.28. The Labute approximate surface area is 185 Å². The third kappa shape index (κ3) is 3.89. The fourth-order valence-corrected chi connectivity index (χ4v) is 3.82. The van der Waals surface area contributed by atoms with Gasteiger partial charge in [0, 0.05) is 43.9 Å². The number of aryl methyl sites for hydroxylation is 2. The lowest BCUT2D eigenvalue weighted by atomic mass is 9.99. The van der Waals surface area contributed by atoms with Crippen molar-refractivity contribution < 1.29 is 9.13 Å². The van der Waals surface area contributed by atoms with Gasteiger partial charge in [0.15, 0.2) is 0 Å². The van der Waals surface area contributed by atoms with Crippen LogP contribution in [0.25, 0.3) is 22.0 Å². The summed E-state index contributed by atoms with van der Waals surface area (Å²) in [6.45, 7) is 2.42. The maximum Gasteiger partial charge on any atom is 0.258 e. The van der Waals surface area contributed by atoms with E-state index in [9.17, 15) is 9.18 Å². The number of anilines is 2. The second kappa shape index (κ2) is 8.34. The molecule has 0 aliphatic heterocycles. The van der Waals surface area contributed by atoms with Crippen molar-refractivity contribution in [2.45, 2.75) is 13.5 Å². The number of halogens is 1. The van der Waals surface area contributed by atoms with Crippen LogP contribution in [0.15, 0.2) is 59.5 Å². The molecule has 0 unspecified atom stereocenters. The van der Waals surface area contributed by atoms with Crippen LogP contribution in [-0.4, -0.2) is 23.7 Å². The zero-order valence-corrected chi connectivity index (χ0v) is 18.5. The Hall–Kier alpha value is -3.87. The smallest absolute Gasteiger partial charge is 0.258 e. The normalized spacial score (nSPS) is 11.0. The summed E-state index contributed by atoms with van der Waals surface area (Å²) in [6, 6.07) is 14.4. The van der Waals surface area contributed by atoms with Crippen LogP contribution in [0.1, 0.15) is 11.1 Å². The lowest BCUT2D eigenvalue weighted by Crippen LogP contribution is -2.21. The molecule has 32 heavy (non-hydrogen) atoms. The van der Waals surface area contributed by atoms with Crippen molar-refractivity contribution in [3.05, 3.63) is 82.0 Å². The average Bonchev–Trinajstić information content (AvgIpc) is 2.79. The van der Waals surface area contributed by atoms with Crippen LogP contribution < -0.4 is 20.9 Å². The summed E-state index contributed by atoms with van der Waals surface area (Å²) >= 11 is 0. The van der Waals surface area contributed by atoms with Crippen LogP contribution in [0.4, 0.5) is 15.9 Å². The van der Waals surface area contributed by atoms with Gasteiger partial charge >= 0.3 is 0 Å². The van der Waals surface area contributed by atoms with Gasteiger partial charge in [-0.3, -0.25) is 4.79 Å². The second-order valence-corrected chi connectivity index (χ2v) is 7.92. The Bertz CT molecular complexity index is 1360. The minimum absolute atomic E-state index is 0.0152. The van der Waals surface area contributed by atoms with Gasteiger partial charge in [-0.15, -0.1) is 0 Å². The molecule has 0 spiro atoms. The topological polar surface area (TPSA) is 73.4 Å².